The van der Waals surface area contributed by atoms with Gasteiger partial charge in [0.1, 0.15) is 5.82 Å². The standard InChI is InChI=1S/C9H10N6O/c10-13-8(16)5-7-12-9(15-14-7)6-1-3-11-4-2-6/h1-4H,5,10H2,(H,13,16)(H,12,14,15). The molecule has 1 amide bonds. The number of hydrogen-bond donors (Lipinski definition) is 3. The monoisotopic (exact) mass is 218 g/mol. The van der Waals surface area contributed by atoms with Gasteiger partial charge in [-0.2, -0.15) is 5.10 Å². The van der Waals surface area contributed by atoms with Gasteiger partial charge in [-0.05, 0) is 12.1 Å². The molecule has 2 heterocycles. The van der Waals surface area contributed by atoms with Gasteiger partial charge in [0.25, 0.3) is 0 Å². The molecular weight excluding hydrogens is 208 g/mol. The maximum absolute atomic E-state index is 11.0. The molecule has 2 aromatic heterocycles. The molecule has 0 aromatic carbocycles. The average molecular weight is 218 g/mol. The molecule has 0 radical (unpaired) electrons. The van der Waals surface area contributed by atoms with Gasteiger partial charge in [-0.1, -0.05) is 0 Å². The number of amides is 1. The van der Waals surface area contributed by atoms with Crippen LogP contribution in [-0.4, -0.2) is 26.1 Å². The van der Waals surface area contributed by atoms with E-state index in [0.717, 1.165) is 5.56 Å². The second kappa shape index (κ2) is 4.49. The highest BCUT2D eigenvalue weighted by Crippen LogP contribution is 2.12. The molecule has 0 aliphatic rings. The van der Waals surface area contributed by atoms with Gasteiger partial charge in [-0.15, -0.1) is 0 Å². The van der Waals surface area contributed by atoms with E-state index >= 15 is 0 Å². The summed E-state index contributed by atoms with van der Waals surface area (Å²) in [5.41, 5.74) is 2.86. The van der Waals surface area contributed by atoms with Gasteiger partial charge in [0, 0.05) is 18.0 Å². The maximum Gasteiger partial charge on any atom is 0.241 e. The molecule has 0 fully saturated rings. The summed E-state index contributed by atoms with van der Waals surface area (Å²) in [5.74, 6) is 5.64. The Balaban J connectivity index is 2.17. The van der Waals surface area contributed by atoms with Crippen molar-refractivity contribution in [2.24, 2.45) is 5.84 Å². The van der Waals surface area contributed by atoms with Crippen LogP contribution in [0.1, 0.15) is 5.82 Å². The Morgan fingerprint density at radius 1 is 1.44 bits per heavy atom. The highest BCUT2D eigenvalue weighted by molar-refractivity contribution is 5.77. The number of hydrogen-bond acceptors (Lipinski definition) is 5. The van der Waals surface area contributed by atoms with Crippen LogP contribution in [0.2, 0.25) is 0 Å². The van der Waals surface area contributed by atoms with Crippen molar-refractivity contribution in [3.8, 4) is 11.4 Å². The zero-order valence-corrected chi connectivity index (χ0v) is 8.34. The van der Waals surface area contributed by atoms with Crippen LogP contribution in [0.4, 0.5) is 0 Å². The summed E-state index contributed by atoms with van der Waals surface area (Å²) in [6.07, 6.45) is 3.38. The number of carbonyl (C=O) groups excluding carboxylic acids is 1. The van der Waals surface area contributed by atoms with Gasteiger partial charge in [-0.3, -0.25) is 20.3 Å². The van der Waals surface area contributed by atoms with Gasteiger partial charge >= 0.3 is 0 Å². The molecule has 0 atom stereocenters. The first-order valence-corrected chi connectivity index (χ1v) is 4.60. The molecule has 7 heteroatoms. The van der Waals surface area contributed by atoms with E-state index < -0.39 is 0 Å². The molecule has 4 N–H and O–H groups in total. The van der Waals surface area contributed by atoms with Crippen molar-refractivity contribution in [1.82, 2.24) is 25.6 Å². The molecule has 0 saturated heterocycles. The maximum atomic E-state index is 11.0. The van der Waals surface area contributed by atoms with E-state index in [1.807, 2.05) is 5.43 Å². The number of pyridine rings is 1. The van der Waals surface area contributed by atoms with Gasteiger partial charge < -0.3 is 0 Å². The van der Waals surface area contributed by atoms with Gasteiger partial charge in [0.15, 0.2) is 5.82 Å². The molecule has 0 unspecified atom stereocenters. The number of H-pyrrole nitrogens is 1. The lowest BCUT2D eigenvalue weighted by Crippen LogP contribution is -2.31. The predicted octanol–water partition coefficient (Wildman–Crippen LogP) is -0.601. The van der Waals surface area contributed by atoms with E-state index in [1.165, 1.54) is 0 Å². The van der Waals surface area contributed by atoms with Crippen LogP contribution in [-0.2, 0) is 11.2 Å². The number of carbonyl (C=O) groups is 1. The van der Waals surface area contributed by atoms with E-state index in [1.54, 1.807) is 24.5 Å². The van der Waals surface area contributed by atoms with Crippen molar-refractivity contribution in [1.29, 1.82) is 0 Å². The van der Waals surface area contributed by atoms with Crippen LogP contribution >= 0.6 is 0 Å². The Morgan fingerprint density at radius 3 is 2.88 bits per heavy atom. The summed E-state index contributed by atoms with van der Waals surface area (Å²) in [7, 11) is 0. The highest BCUT2D eigenvalue weighted by Gasteiger charge is 2.08. The van der Waals surface area contributed by atoms with Crippen LogP contribution in [0.3, 0.4) is 0 Å². The van der Waals surface area contributed by atoms with Gasteiger partial charge in [0.2, 0.25) is 5.91 Å². The highest BCUT2D eigenvalue weighted by atomic mass is 16.2. The summed E-state index contributed by atoms with van der Waals surface area (Å²) in [6, 6.07) is 3.58. The third kappa shape index (κ3) is 2.20. The molecule has 82 valence electrons. The number of aromatic nitrogens is 4. The first-order chi connectivity index (χ1) is 7.79. The Morgan fingerprint density at radius 2 is 2.19 bits per heavy atom. The summed E-state index contributed by atoms with van der Waals surface area (Å²) in [5, 5.41) is 6.66. The van der Waals surface area contributed by atoms with E-state index in [9.17, 15) is 4.79 Å². The Bertz CT molecular complexity index is 480. The van der Waals surface area contributed by atoms with Crippen molar-refractivity contribution in [3.05, 3.63) is 30.4 Å². The van der Waals surface area contributed by atoms with Crippen molar-refractivity contribution in [2.75, 3.05) is 0 Å². The predicted molar refractivity (Wildman–Crippen MR) is 55.6 cm³/mol. The van der Waals surface area contributed by atoms with Crippen molar-refractivity contribution >= 4 is 5.91 Å². The number of nitrogens with zero attached hydrogens (tertiary/aromatic N) is 3. The zero-order chi connectivity index (χ0) is 11.4. The minimum atomic E-state index is -0.322. The summed E-state index contributed by atoms with van der Waals surface area (Å²) in [4.78, 5) is 19.0. The van der Waals surface area contributed by atoms with Crippen molar-refractivity contribution in [2.45, 2.75) is 6.42 Å². The Hall–Kier alpha value is -2.28. The first kappa shape index (κ1) is 10.2. The van der Waals surface area contributed by atoms with Crippen LogP contribution in [0.5, 0.6) is 0 Å². The molecular formula is C9H10N6O. The molecule has 7 nitrogen and oxygen atoms in total. The molecule has 0 spiro atoms. The number of aromatic amines is 1. The fourth-order valence-electron chi connectivity index (χ4n) is 1.21. The van der Waals surface area contributed by atoms with Crippen molar-refractivity contribution < 1.29 is 4.79 Å². The van der Waals surface area contributed by atoms with Gasteiger partial charge in [0.05, 0.1) is 6.42 Å². The summed E-state index contributed by atoms with van der Waals surface area (Å²) < 4.78 is 0. The van der Waals surface area contributed by atoms with E-state index in [-0.39, 0.29) is 12.3 Å². The van der Waals surface area contributed by atoms with Crippen LogP contribution in [0, 0.1) is 0 Å². The molecule has 0 aliphatic heterocycles. The number of rotatable bonds is 3. The first-order valence-electron chi connectivity index (χ1n) is 4.60. The molecule has 16 heavy (non-hydrogen) atoms. The van der Waals surface area contributed by atoms with E-state index in [2.05, 4.69) is 20.2 Å². The second-order valence-corrected chi connectivity index (χ2v) is 3.09. The van der Waals surface area contributed by atoms with Crippen LogP contribution in [0.15, 0.2) is 24.5 Å². The second-order valence-electron chi connectivity index (χ2n) is 3.09. The lowest BCUT2D eigenvalue weighted by atomic mass is 10.2. The fraction of sp³-hybridized carbons (Fsp3) is 0.111. The minimum absolute atomic E-state index is 0.0780. The topological polar surface area (TPSA) is 110 Å². The third-order valence-corrected chi connectivity index (χ3v) is 1.96. The Kier molecular flexibility index (Phi) is 2.88. The average Bonchev–Trinajstić information content (AvgIpc) is 2.78. The molecule has 2 aromatic rings. The lowest BCUT2D eigenvalue weighted by Gasteiger charge is -1.94. The molecule has 0 aliphatic carbocycles. The number of nitrogens with one attached hydrogen (secondary N) is 2. The fourth-order valence-corrected chi connectivity index (χ4v) is 1.21. The van der Waals surface area contributed by atoms with Gasteiger partial charge in [-0.25, -0.2) is 10.8 Å². The number of hydrazine groups is 1. The Labute approximate surface area is 91.1 Å². The smallest absolute Gasteiger partial charge is 0.241 e. The number of nitrogens with two attached hydrogens (primary N) is 1. The SMILES string of the molecule is NNC(=O)Cc1nc(-c2ccncc2)n[nH]1. The van der Waals surface area contributed by atoms with E-state index in [0.29, 0.717) is 11.6 Å². The molecule has 0 bridgehead atoms. The molecule has 0 saturated carbocycles. The normalized spacial score (nSPS) is 10.1. The van der Waals surface area contributed by atoms with Crippen LogP contribution in [0.25, 0.3) is 11.4 Å². The minimum Gasteiger partial charge on any atom is -0.294 e. The lowest BCUT2D eigenvalue weighted by molar-refractivity contribution is -0.120. The quantitative estimate of drug-likeness (QED) is 0.362. The third-order valence-electron chi connectivity index (χ3n) is 1.96. The molecule has 2 rings (SSSR count). The zero-order valence-electron chi connectivity index (χ0n) is 8.34. The van der Waals surface area contributed by atoms with Crippen LogP contribution < -0.4 is 11.3 Å². The summed E-state index contributed by atoms with van der Waals surface area (Å²) >= 11 is 0. The van der Waals surface area contributed by atoms with Crippen molar-refractivity contribution in [3.63, 3.8) is 0 Å². The van der Waals surface area contributed by atoms with E-state index in [4.69, 9.17) is 5.84 Å². The summed E-state index contributed by atoms with van der Waals surface area (Å²) in [6.45, 7) is 0. The largest absolute Gasteiger partial charge is 0.294 e.